The lowest BCUT2D eigenvalue weighted by atomic mass is 9.89. The fraction of sp³-hybridized carbons (Fsp3) is 0.267. The number of hydrogen-bond donors (Lipinski definition) is 1. The molecule has 1 aromatic heterocycles. The SMILES string of the molecule is COc1ccc2c(CCc3ccc(NC(C)=O)cc3)c3[n+](cc2c1OC)CCc1cc2c(cc1-3)OCO2. The molecule has 2 aliphatic rings. The average molecular weight is 498 g/mol. The Morgan fingerprint density at radius 2 is 1.76 bits per heavy atom. The molecule has 0 unspecified atom stereocenters. The normalized spacial score (nSPS) is 13.2. The number of carbonyl (C=O) groups is 1. The molecule has 3 heterocycles. The average Bonchev–Trinajstić information content (AvgIpc) is 3.37. The molecule has 0 atom stereocenters. The second kappa shape index (κ2) is 9.32. The fourth-order valence-electron chi connectivity index (χ4n) is 5.49. The van der Waals surface area contributed by atoms with Crippen LogP contribution in [0.25, 0.3) is 22.0 Å². The zero-order valence-electron chi connectivity index (χ0n) is 21.2. The molecule has 0 spiro atoms. The maximum absolute atomic E-state index is 11.4. The minimum Gasteiger partial charge on any atom is -0.493 e. The van der Waals surface area contributed by atoms with Gasteiger partial charge in [0, 0.05) is 30.0 Å². The number of pyridine rings is 1. The van der Waals surface area contributed by atoms with Crippen LogP contribution in [0.3, 0.4) is 0 Å². The van der Waals surface area contributed by atoms with Crippen LogP contribution in [-0.4, -0.2) is 26.9 Å². The third kappa shape index (κ3) is 4.10. The molecule has 0 saturated heterocycles. The van der Waals surface area contributed by atoms with Crippen molar-refractivity contribution >= 4 is 22.4 Å². The number of methoxy groups -OCH3 is 2. The number of amides is 1. The predicted molar refractivity (Wildman–Crippen MR) is 141 cm³/mol. The monoisotopic (exact) mass is 497 g/mol. The summed E-state index contributed by atoms with van der Waals surface area (Å²) in [6.07, 6.45) is 4.77. The van der Waals surface area contributed by atoms with Crippen LogP contribution in [0, 0.1) is 0 Å². The van der Waals surface area contributed by atoms with Crippen molar-refractivity contribution in [3.8, 4) is 34.3 Å². The molecule has 2 aliphatic heterocycles. The summed E-state index contributed by atoms with van der Waals surface area (Å²) in [6.45, 7) is 2.63. The molecule has 0 saturated carbocycles. The standard InChI is InChI=1S/C30H28N2O5/c1-18(33)31-21-7-4-19(5-8-21)6-9-23-22-10-11-26(34-2)30(35-3)25(22)16-32-13-12-20-14-27-28(37-17-36-27)15-24(20)29(23)32/h4-5,7-8,10-11,14-16H,6,9,12-13,17H2,1-3H3/p+1. The smallest absolute Gasteiger partial charge is 0.231 e. The van der Waals surface area contributed by atoms with Crippen LogP contribution in [0.1, 0.15) is 23.6 Å². The first-order valence-electron chi connectivity index (χ1n) is 12.4. The summed E-state index contributed by atoms with van der Waals surface area (Å²) < 4.78 is 25.2. The van der Waals surface area contributed by atoms with E-state index >= 15 is 0 Å². The number of hydrogen-bond acceptors (Lipinski definition) is 5. The second-order valence-corrected chi connectivity index (χ2v) is 9.40. The van der Waals surface area contributed by atoms with Crippen molar-refractivity contribution in [2.75, 3.05) is 26.3 Å². The highest BCUT2D eigenvalue weighted by atomic mass is 16.7. The molecule has 188 valence electrons. The highest BCUT2D eigenvalue weighted by molar-refractivity contribution is 5.95. The first kappa shape index (κ1) is 23.2. The predicted octanol–water partition coefficient (Wildman–Crippen LogP) is 4.84. The van der Waals surface area contributed by atoms with Gasteiger partial charge in [-0.3, -0.25) is 4.79 Å². The number of rotatable bonds is 6. The first-order valence-corrected chi connectivity index (χ1v) is 12.4. The Hall–Kier alpha value is -4.26. The summed E-state index contributed by atoms with van der Waals surface area (Å²) in [7, 11) is 3.35. The van der Waals surface area contributed by atoms with Crippen molar-refractivity contribution in [3.63, 3.8) is 0 Å². The largest absolute Gasteiger partial charge is 0.493 e. The molecule has 7 nitrogen and oxygen atoms in total. The van der Waals surface area contributed by atoms with Crippen LogP contribution >= 0.6 is 0 Å². The highest BCUT2D eigenvalue weighted by Crippen LogP contribution is 2.43. The van der Waals surface area contributed by atoms with Gasteiger partial charge >= 0.3 is 0 Å². The lowest BCUT2D eigenvalue weighted by Crippen LogP contribution is -2.41. The molecule has 0 radical (unpaired) electrons. The van der Waals surface area contributed by atoms with Gasteiger partial charge in [-0.05, 0) is 60.4 Å². The number of fused-ring (bicyclic) bond motifs is 5. The van der Waals surface area contributed by atoms with Crippen LogP contribution in [0.4, 0.5) is 5.69 Å². The Labute approximate surface area is 215 Å². The molecule has 37 heavy (non-hydrogen) atoms. The Balaban J connectivity index is 1.49. The fourth-order valence-corrected chi connectivity index (χ4v) is 5.49. The number of aryl methyl sites for hydroxylation is 4. The number of anilines is 1. The van der Waals surface area contributed by atoms with Gasteiger partial charge in [0.2, 0.25) is 18.4 Å². The number of aromatic nitrogens is 1. The van der Waals surface area contributed by atoms with Crippen LogP contribution in [0.15, 0.2) is 54.7 Å². The maximum Gasteiger partial charge on any atom is 0.231 e. The highest BCUT2D eigenvalue weighted by Gasteiger charge is 2.32. The van der Waals surface area contributed by atoms with Gasteiger partial charge in [0.05, 0.1) is 25.2 Å². The number of nitrogens with one attached hydrogen (secondary N) is 1. The minimum absolute atomic E-state index is 0.0731. The molecule has 1 N–H and O–H groups in total. The van der Waals surface area contributed by atoms with Crippen molar-refractivity contribution in [3.05, 3.63) is 71.4 Å². The Morgan fingerprint density at radius 1 is 0.973 bits per heavy atom. The Morgan fingerprint density at radius 3 is 2.49 bits per heavy atom. The van der Waals surface area contributed by atoms with Gasteiger partial charge in [-0.2, -0.15) is 4.57 Å². The van der Waals surface area contributed by atoms with Gasteiger partial charge < -0.3 is 24.3 Å². The van der Waals surface area contributed by atoms with Crippen LogP contribution in [-0.2, 0) is 30.6 Å². The molecular weight excluding hydrogens is 468 g/mol. The van der Waals surface area contributed by atoms with Crippen molar-refractivity contribution in [2.45, 2.75) is 32.7 Å². The van der Waals surface area contributed by atoms with E-state index in [1.807, 2.05) is 18.2 Å². The summed E-state index contributed by atoms with van der Waals surface area (Å²) in [5.41, 5.74) is 6.91. The molecule has 0 fully saturated rings. The lowest BCUT2D eigenvalue weighted by Gasteiger charge is -2.21. The summed E-state index contributed by atoms with van der Waals surface area (Å²) in [6, 6.07) is 16.4. The summed E-state index contributed by atoms with van der Waals surface area (Å²) >= 11 is 0. The number of benzene rings is 3. The zero-order valence-corrected chi connectivity index (χ0v) is 21.2. The van der Waals surface area contributed by atoms with E-state index in [0.717, 1.165) is 65.3 Å². The van der Waals surface area contributed by atoms with E-state index in [4.69, 9.17) is 18.9 Å². The van der Waals surface area contributed by atoms with Gasteiger partial charge in [-0.1, -0.05) is 12.1 Å². The van der Waals surface area contributed by atoms with Gasteiger partial charge in [0.25, 0.3) is 0 Å². The van der Waals surface area contributed by atoms with E-state index in [-0.39, 0.29) is 12.7 Å². The number of nitrogens with zero attached hydrogens (tertiary/aromatic N) is 1. The Kier molecular flexibility index (Phi) is 5.83. The Bertz CT molecular complexity index is 1530. The van der Waals surface area contributed by atoms with Crippen molar-refractivity contribution in [1.82, 2.24) is 0 Å². The maximum atomic E-state index is 11.4. The van der Waals surface area contributed by atoms with Crippen LogP contribution in [0.5, 0.6) is 23.0 Å². The summed E-state index contributed by atoms with van der Waals surface area (Å²) in [5.74, 6) is 3.00. The van der Waals surface area contributed by atoms with Gasteiger partial charge in [-0.25, -0.2) is 0 Å². The quantitative estimate of drug-likeness (QED) is 0.386. The zero-order chi connectivity index (χ0) is 25.5. The summed E-state index contributed by atoms with van der Waals surface area (Å²) in [4.78, 5) is 11.4. The van der Waals surface area contributed by atoms with E-state index in [9.17, 15) is 4.79 Å². The third-order valence-electron chi connectivity index (χ3n) is 7.18. The summed E-state index contributed by atoms with van der Waals surface area (Å²) in [5, 5.41) is 5.01. The third-order valence-corrected chi connectivity index (χ3v) is 7.18. The number of carbonyl (C=O) groups excluding carboxylic acids is 1. The number of ether oxygens (including phenoxy) is 4. The molecule has 3 aromatic carbocycles. The minimum atomic E-state index is -0.0731. The lowest BCUT2D eigenvalue weighted by molar-refractivity contribution is -0.686. The first-order chi connectivity index (χ1) is 18.1. The second-order valence-electron chi connectivity index (χ2n) is 9.40. The molecule has 0 aliphatic carbocycles. The van der Waals surface area contributed by atoms with E-state index in [1.54, 1.807) is 14.2 Å². The molecule has 0 bridgehead atoms. The molecule has 7 heteroatoms. The molecule has 1 amide bonds. The topological polar surface area (TPSA) is 69.9 Å². The molecular formula is C30H29N2O5+. The van der Waals surface area contributed by atoms with Crippen molar-refractivity contribution < 1.29 is 28.3 Å². The van der Waals surface area contributed by atoms with E-state index in [2.05, 4.69) is 46.4 Å². The molecule has 6 rings (SSSR count). The van der Waals surface area contributed by atoms with Crippen LogP contribution in [0.2, 0.25) is 0 Å². The van der Waals surface area contributed by atoms with Gasteiger partial charge in [0.15, 0.2) is 35.7 Å². The van der Waals surface area contributed by atoms with Gasteiger partial charge in [-0.15, -0.1) is 0 Å². The van der Waals surface area contributed by atoms with Crippen LogP contribution < -0.4 is 28.8 Å². The molecule has 4 aromatic rings. The van der Waals surface area contributed by atoms with Gasteiger partial charge in [0.1, 0.15) is 0 Å². The van der Waals surface area contributed by atoms with Crippen molar-refractivity contribution in [1.29, 1.82) is 0 Å². The van der Waals surface area contributed by atoms with Crippen molar-refractivity contribution in [2.24, 2.45) is 0 Å². The van der Waals surface area contributed by atoms with E-state index < -0.39 is 0 Å². The van der Waals surface area contributed by atoms with E-state index in [0.29, 0.717) is 0 Å². The van der Waals surface area contributed by atoms with E-state index in [1.165, 1.54) is 34.9 Å².